The summed E-state index contributed by atoms with van der Waals surface area (Å²) in [4.78, 5) is 9.28. The lowest BCUT2D eigenvalue weighted by molar-refractivity contribution is 0.110. The number of ether oxygens (including phenoxy) is 1. The van der Waals surface area contributed by atoms with Crippen LogP contribution in [0.2, 0.25) is 0 Å². The van der Waals surface area contributed by atoms with Crippen LogP contribution in [0.15, 0.2) is 66.7 Å². The summed E-state index contributed by atoms with van der Waals surface area (Å²) >= 11 is 0. The van der Waals surface area contributed by atoms with Crippen LogP contribution in [-0.4, -0.2) is 59.1 Å². The van der Waals surface area contributed by atoms with Gasteiger partial charge < -0.3 is 19.5 Å². The Kier molecular flexibility index (Phi) is 5.29. The van der Waals surface area contributed by atoms with Crippen molar-refractivity contribution >= 4 is 11.2 Å². The van der Waals surface area contributed by atoms with Crippen molar-refractivity contribution in [3.8, 4) is 17.3 Å². The molecule has 0 atom stereocenters. The fourth-order valence-electron chi connectivity index (χ4n) is 4.01. The van der Waals surface area contributed by atoms with Gasteiger partial charge in [0.1, 0.15) is 0 Å². The molecular weight excluding hydrogens is 422 g/mol. The number of imidazole rings is 1. The lowest BCUT2D eigenvalue weighted by Crippen LogP contribution is -2.33. The number of aliphatic hydroxyl groups is 2. The number of fused-ring (bicyclic) bond motifs is 1. The molecule has 0 amide bonds. The first kappa shape index (κ1) is 20.7. The molecule has 3 aromatic heterocycles. The van der Waals surface area contributed by atoms with Gasteiger partial charge in [-0.25, -0.2) is 4.98 Å². The quantitative estimate of drug-likeness (QED) is 0.347. The predicted molar refractivity (Wildman–Crippen MR) is 119 cm³/mol. The summed E-state index contributed by atoms with van der Waals surface area (Å²) in [5.41, 5.74) is 1.12. The Morgan fingerprint density at radius 2 is 1.67 bits per heavy atom. The van der Waals surface area contributed by atoms with Crippen molar-refractivity contribution in [3.05, 3.63) is 83.7 Å². The van der Waals surface area contributed by atoms with Crippen molar-refractivity contribution in [1.82, 2.24) is 35.2 Å². The Morgan fingerprint density at radius 3 is 2.21 bits per heavy atom. The number of nitrogens with one attached hydrogen (secondary N) is 1. The van der Waals surface area contributed by atoms with Crippen LogP contribution in [0.3, 0.4) is 0 Å². The van der Waals surface area contributed by atoms with E-state index < -0.39 is 5.60 Å². The number of hydrogen-bond donors (Lipinski definition) is 3. The Bertz CT molecular complexity index is 1330. The number of benzene rings is 2. The molecule has 5 rings (SSSR count). The van der Waals surface area contributed by atoms with E-state index in [4.69, 9.17) is 9.72 Å². The molecule has 10 heteroatoms. The molecule has 2 aromatic carbocycles. The number of nitrogens with zero attached hydrogens (tertiary/aromatic N) is 6. The van der Waals surface area contributed by atoms with Crippen LogP contribution >= 0.6 is 0 Å². The number of aromatic amines is 1. The number of rotatable bonds is 7. The van der Waals surface area contributed by atoms with Crippen LogP contribution in [0.5, 0.6) is 5.88 Å². The molecule has 166 valence electrons. The zero-order chi connectivity index (χ0) is 22.8. The maximum Gasteiger partial charge on any atom is 0.226 e. The van der Waals surface area contributed by atoms with Crippen LogP contribution in [0.4, 0.5) is 0 Å². The predicted octanol–water partition coefficient (Wildman–Crippen LogP) is 1.90. The highest BCUT2D eigenvalue weighted by atomic mass is 16.5. The topological polar surface area (TPSA) is 135 Å². The van der Waals surface area contributed by atoms with Crippen LogP contribution in [0.25, 0.3) is 22.6 Å². The largest absolute Gasteiger partial charge is 0.480 e. The minimum absolute atomic E-state index is 0.165. The van der Waals surface area contributed by atoms with Crippen LogP contribution in [-0.2, 0) is 12.1 Å². The fourth-order valence-corrected chi connectivity index (χ4v) is 4.01. The summed E-state index contributed by atoms with van der Waals surface area (Å²) in [6.07, 6.45) is 0. The Balaban J connectivity index is 1.83. The van der Waals surface area contributed by atoms with Crippen molar-refractivity contribution in [2.24, 2.45) is 0 Å². The van der Waals surface area contributed by atoms with Gasteiger partial charge in [0, 0.05) is 6.54 Å². The van der Waals surface area contributed by atoms with E-state index in [-0.39, 0.29) is 19.0 Å². The average molecular weight is 443 g/mol. The molecule has 0 aliphatic rings. The van der Waals surface area contributed by atoms with Crippen molar-refractivity contribution in [2.45, 2.75) is 12.1 Å². The molecular formula is C23H21N7O3. The number of methoxy groups -OCH3 is 1. The van der Waals surface area contributed by atoms with E-state index in [1.165, 1.54) is 7.11 Å². The van der Waals surface area contributed by atoms with Gasteiger partial charge in [-0.2, -0.15) is 10.2 Å². The van der Waals surface area contributed by atoms with Gasteiger partial charge >= 0.3 is 0 Å². The lowest BCUT2D eigenvalue weighted by atomic mass is 9.85. The first-order valence-electron chi connectivity index (χ1n) is 10.3. The van der Waals surface area contributed by atoms with E-state index in [1.807, 2.05) is 60.7 Å². The smallest absolute Gasteiger partial charge is 0.226 e. The molecule has 0 unspecified atom stereocenters. The second kappa shape index (κ2) is 8.41. The third-order valence-corrected chi connectivity index (χ3v) is 5.52. The van der Waals surface area contributed by atoms with Crippen molar-refractivity contribution in [3.63, 3.8) is 0 Å². The number of pyridine rings is 1. The second-order valence-electron chi connectivity index (χ2n) is 7.38. The van der Waals surface area contributed by atoms with Gasteiger partial charge in [0.25, 0.3) is 0 Å². The highest BCUT2D eigenvalue weighted by Crippen LogP contribution is 2.38. The maximum absolute atomic E-state index is 12.2. The van der Waals surface area contributed by atoms with E-state index in [0.717, 1.165) is 0 Å². The first-order chi connectivity index (χ1) is 16.2. The number of aliphatic hydroxyl groups excluding tert-OH is 1. The van der Waals surface area contributed by atoms with Gasteiger partial charge in [-0.1, -0.05) is 60.7 Å². The van der Waals surface area contributed by atoms with E-state index in [9.17, 15) is 10.2 Å². The monoisotopic (exact) mass is 443 g/mol. The molecule has 0 bridgehead atoms. The minimum atomic E-state index is -1.60. The molecule has 0 fully saturated rings. The summed E-state index contributed by atoms with van der Waals surface area (Å²) in [5.74, 6) is 0.900. The first-order valence-corrected chi connectivity index (χ1v) is 10.3. The Morgan fingerprint density at radius 1 is 1.00 bits per heavy atom. The van der Waals surface area contributed by atoms with Crippen LogP contribution < -0.4 is 4.74 Å². The zero-order valence-electron chi connectivity index (χ0n) is 17.8. The van der Waals surface area contributed by atoms with Gasteiger partial charge in [0.05, 0.1) is 24.8 Å². The molecule has 0 aliphatic heterocycles. The van der Waals surface area contributed by atoms with Crippen molar-refractivity contribution in [1.29, 1.82) is 0 Å². The number of H-pyrrole nitrogens is 1. The molecule has 5 aromatic rings. The van der Waals surface area contributed by atoms with Gasteiger partial charge in [0.15, 0.2) is 17.1 Å². The maximum atomic E-state index is 12.2. The highest BCUT2D eigenvalue weighted by Gasteiger charge is 2.39. The molecule has 0 radical (unpaired) electrons. The fraction of sp³-hybridized carbons (Fsp3) is 0.174. The van der Waals surface area contributed by atoms with Crippen LogP contribution in [0, 0.1) is 0 Å². The van der Waals surface area contributed by atoms with E-state index in [0.29, 0.717) is 39.5 Å². The zero-order valence-corrected chi connectivity index (χ0v) is 17.8. The van der Waals surface area contributed by atoms with Gasteiger partial charge in [-0.15, -0.1) is 10.2 Å². The van der Waals surface area contributed by atoms with Gasteiger partial charge in [-0.05, 0) is 22.4 Å². The third-order valence-electron chi connectivity index (χ3n) is 5.52. The summed E-state index contributed by atoms with van der Waals surface area (Å²) < 4.78 is 7.20. The summed E-state index contributed by atoms with van der Waals surface area (Å²) in [6, 6.07) is 20.3. The van der Waals surface area contributed by atoms with Gasteiger partial charge in [0.2, 0.25) is 11.7 Å². The lowest BCUT2D eigenvalue weighted by Gasteiger charge is -2.29. The second-order valence-corrected chi connectivity index (χ2v) is 7.38. The summed E-state index contributed by atoms with van der Waals surface area (Å²) in [5, 5.41) is 36.2. The van der Waals surface area contributed by atoms with E-state index >= 15 is 0 Å². The Hall–Kier alpha value is -4.15. The van der Waals surface area contributed by atoms with Crippen LogP contribution in [0.1, 0.15) is 17.0 Å². The molecule has 33 heavy (non-hydrogen) atoms. The molecule has 0 aliphatic carbocycles. The molecule has 3 N–H and O–H groups in total. The van der Waals surface area contributed by atoms with E-state index in [1.54, 1.807) is 10.6 Å². The normalized spacial score (nSPS) is 11.7. The SMILES string of the molecule is COc1nc2nc(C(O)(c3ccccc3)c3ccccc3)n(CCO)c2cc1-c1nn[nH]n1. The van der Waals surface area contributed by atoms with Gasteiger partial charge in [-0.3, -0.25) is 0 Å². The molecule has 0 spiro atoms. The molecule has 0 saturated heterocycles. The minimum Gasteiger partial charge on any atom is -0.480 e. The summed E-state index contributed by atoms with van der Waals surface area (Å²) in [7, 11) is 1.49. The van der Waals surface area contributed by atoms with Crippen molar-refractivity contribution < 1.29 is 14.9 Å². The number of hydrogen-bond acceptors (Lipinski definition) is 8. The summed E-state index contributed by atoms with van der Waals surface area (Å²) in [6.45, 7) is 0.0230. The molecule has 0 saturated carbocycles. The third kappa shape index (κ3) is 3.41. The van der Waals surface area contributed by atoms with E-state index in [2.05, 4.69) is 25.6 Å². The number of aromatic nitrogens is 7. The standard InChI is InChI=1S/C23H21N7O3/c1-33-21-17(19-26-28-29-27-19)14-18-20(24-21)25-22(30(18)12-13-31)23(32,15-8-4-2-5-9-15)16-10-6-3-7-11-16/h2-11,14,31-32H,12-13H2,1H3,(H,26,27,28,29). The molecule has 3 heterocycles. The Labute approximate surface area is 188 Å². The number of tetrazole rings is 1. The highest BCUT2D eigenvalue weighted by molar-refractivity contribution is 5.80. The van der Waals surface area contributed by atoms with Crippen molar-refractivity contribution in [2.75, 3.05) is 13.7 Å². The average Bonchev–Trinajstić information content (AvgIpc) is 3.53. The molecule has 10 nitrogen and oxygen atoms in total.